The van der Waals surface area contributed by atoms with Crippen LogP contribution in [0, 0.1) is 0 Å². The zero-order chi connectivity index (χ0) is 21.8. The van der Waals surface area contributed by atoms with Crippen molar-refractivity contribution in [3.8, 4) is 5.69 Å². The summed E-state index contributed by atoms with van der Waals surface area (Å²) in [5, 5.41) is 8.81. The van der Waals surface area contributed by atoms with Crippen LogP contribution in [0.25, 0.3) is 47.7 Å². The second kappa shape index (κ2) is 7.22. The predicted molar refractivity (Wildman–Crippen MR) is 143 cm³/mol. The summed E-state index contributed by atoms with van der Waals surface area (Å²) in [5.74, 6) is 0. The summed E-state index contributed by atoms with van der Waals surface area (Å²) in [6.07, 6.45) is 0. The van der Waals surface area contributed by atoms with Crippen molar-refractivity contribution in [1.29, 1.82) is 0 Å². The fourth-order valence-corrected chi connectivity index (χ4v) is 6.02. The monoisotopic (exact) mass is 440 g/mol. The van der Waals surface area contributed by atoms with E-state index in [1.54, 1.807) is 0 Å². The Kier molecular flexibility index (Phi) is 4.05. The number of thiophene rings is 1. The Morgan fingerprint density at radius 1 is 0.485 bits per heavy atom. The lowest BCUT2D eigenvalue weighted by atomic mass is 10.1. The lowest BCUT2D eigenvalue weighted by Gasteiger charge is -2.09. The highest BCUT2D eigenvalue weighted by atomic mass is 32.1. The molecular weight excluding hydrogens is 420 g/mol. The fourth-order valence-electron chi connectivity index (χ4n) is 4.88. The minimum absolute atomic E-state index is 1.10. The second-order valence-electron chi connectivity index (χ2n) is 8.35. The average Bonchev–Trinajstić information content (AvgIpc) is 3.39. The molecule has 0 fully saturated rings. The van der Waals surface area contributed by atoms with E-state index in [0.29, 0.717) is 0 Å². The third kappa shape index (κ3) is 2.94. The van der Waals surface area contributed by atoms with Crippen LogP contribution in [0.5, 0.6) is 0 Å². The lowest BCUT2D eigenvalue weighted by Crippen LogP contribution is -1.93. The molecule has 0 radical (unpaired) electrons. The normalized spacial score (nSPS) is 11.6. The van der Waals surface area contributed by atoms with Gasteiger partial charge in [-0.15, -0.1) is 11.3 Å². The molecule has 0 saturated carbocycles. The topological polar surface area (TPSA) is 17.0 Å². The molecule has 0 unspecified atom stereocenters. The van der Waals surface area contributed by atoms with E-state index in [0.717, 1.165) is 11.4 Å². The van der Waals surface area contributed by atoms with E-state index in [1.165, 1.54) is 47.7 Å². The van der Waals surface area contributed by atoms with Gasteiger partial charge in [-0.05, 0) is 54.6 Å². The third-order valence-electron chi connectivity index (χ3n) is 6.35. The second-order valence-corrected chi connectivity index (χ2v) is 9.44. The molecule has 2 heterocycles. The number of nitrogens with one attached hydrogen (secondary N) is 1. The van der Waals surface area contributed by atoms with Crippen molar-refractivity contribution in [2.75, 3.05) is 5.32 Å². The zero-order valence-electron chi connectivity index (χ0n) is 17.8. The quantitative estimate of drug-likeness (QED) is 0.290. The van der Waals surface area contributed by atoms with E-state index in [9.17, 15) is 0 Å². The van der Waals surface area contributed by atoms with E-state index >= 15 is 0 Å². The van der Waals surface area contributed by atoms with Crippen molar-refractivity contribution in [3.63, 3.8) is 0 Å². The number of hydrogen-bond acceptors (Lipinski definition) is 2. The van der Waals surface area contributed by atoms with Gasteiger partial charge in [0.1, 0.15) is 0 Å². The Bertz CT molecular complexity index is 1790. The molecule has 0 amide bonds. The molecule has 7 rings (SSSR count). The van der Waals surface area contributed by atoms with Crippen molar-refractivity contribution in [2.45, 2.75) is 0 Å². The van der Waals surface area contributed by atoms with Gasteiger partial charge >= 0.3 is 0 Å². The predicted octanol–water partition coefficient (Wildman–Crippen LogP) is 8.90. The highest BCUT2D eigenvalue weighted by molar-refractivity contribution is 7.25. The molecule has 3 heteroatoms. The van der Waals surface area contributed by atoms with E-state index in [1.807, 2.05) is 11.3 Å². The highest BCUT2D eigenvalue weighted by Crippen LogP contribution is 2.37. The van der Waals surface area contributed by atoms with Gasteiger partial charge < -0.3 is 9.88 Å². The Morgan fingerprint density at radius 3 is 2.06 bits per heavy atom. The summed E-state index contributed by atoms with van der Waals surface area (Å²) >= 11 is 1.85. The van der Waals surface area contributed by atoms with Crippen LogP contribution in [0.4, 0.5) is 11.4 Å². The van der Waals surface area contributed by atoms with Crippen molar-refractivity contribution >= 4 is 64.7 Å². The first-order valence-electron chi connectivity index (χ1n) is 11.1. The molecule has 0 aliphatic heterocycles. The number of nitrogens with zero attached hydrogens (tertiary/aromatic N) is 1. The van der Waals surface area contributed by atoms with Gasteiger partial charge in [-0.1, -0.05) is 60.7 Å². The summed E-state index contributed by atoms with van der Waals surface area (Å²) in [6.45, 7) is 0. The summed E-state index contributed by atoms with van der Waals surface area (Å²) < 4.78 is 4.99. The molecule has 0 bridgehead atoms. The molecule has 1 N–H and O–H groups in total. The Labute approximate surface area is 195 Å². The van der Waals surface area contributed by atoms with E-state index in [2.05, 4.69) is 125 Å². The Hall–Kier alpha value is -4.08. The number of hydrogen-bond donors (Lipinski definition) is 1. The first kappa shape index (κ1) is 18.5. The van der Waals surface area contributed by atoms with Crippen LogP contribution >= 0.6 is 11.3 Å². The van der Waals surface area contributed by atoms with Crippen molar-refractivity contribution in [3.05, 3.63) is 115 Å². The van der Waals surface area contributed by atoms with Gasteiger partial charge in [0.2, 0.25) is 0 Å². The third-order valence-corrected chi connectivity index (χ3v) is 7.49. The molecule has 0 atom stereocenters. The maximum absolute atomic E-state index is 3.64. The van der Waals surface area contributed by atoms with Crippen LogP contribution in [0.1, 0.15) is 0 Å². The van der Waals surface area contributed by atoms with E-state index in [-0.39, 0.29) is 0 Å². The lowest BCUT2D eigenvalue weighted by molar-refractivity contribution is 1.18. The summed E-state index contributed by atoms with van der Waals surface area (Å²) in [6, 6.07) is 41.2. The van der Waals surface area contributed by atoms with Crippen LogP contribution in [0.15, 0.2) is 115 Å². The molecule has 2 aromatic heterocycles. The minimum Gasteiger partial charge on any atom is -0.355 e. The minimum atomic E-state index is 1.10. The number of fused-ring (bicyclic) bond motifs is 6. The van der Waals surface area contributed by atoms with Crippen LogP contribution in [-0.4, -0.2) is 4.57 Å². The van der Waals surface area contributed by atoms with Crippen LogP contribution in [0.2, 0.25) is 0 Å². The molecular formula is C30H20N2S. The van der Waals surface area contributed by atoms with Crippen LogP contribution < -0.4 is 5.32 Å². The summed E-state index contributed by atoms with van der Waals surface area (Å²) in [5.41, 5.74) is 5.83. The van der Waals surface area contributed by atoms with E-state index in [4.69, 9.17) is 0 Å². The smallest absolute Gasteiger partial charge is 0.0542 e. The molecule has 0 aliphatic carbocycles. The summed E-state index contributed by atoms with van der Waals surface area (Å²) in [4.78, 5) is 0. The van der Waals surface area contributed by atoms with Gasteiger partial charge in [0.25, 0.3) is 0 Å². The van der Waals surface area contributed by atoms with Gasteiger partial charge in [-0.3, -0.25) is 0 Å². The Morgan fingerprint density at radius 2 is 1.15 bits per heavy atom. The molecule has 0 spiro atoms. The van der Waals surface area contributed by atoms with Crippen molar-refractivity contribution < 1.29 is 0 Å². The van der Waals surface area contributed by atoms with Gasteiger partial charge in [-0.2, -0.15) is 0 Å². The van der Waals surface area contributed by atoms with Crippen LogP contribution in [0.3, 0.4) is 0 Å². The van der Waals surface area contributed by atoms with Gasteiger partial charge in [-0.25, -0.2) is 0 Å². The number of anilines is 2. The van der Waals surface area contributed by atoms with Gasteiger partial charge in [0.05, 0.1) is 11.0 Å². The number of para-hydroxylation sites is 2. The van der Waals surface area contributed by atoms with Gasteiger partial charge in [0.15, 0.2) is 0 Å². The maximum atomic E-state index is 3.64. The molecule has 33 heavy (non-hydrogen) atoms. The standard InChI is InChI=1S/C30H20N2S/c1-2-8-22(9-3-1)32-27-12-6-4-10-23(27)26-18-20(15-17-28(26)32)31-21-14-16-25-24-11-5-7-13-29(24)33-30(25)19-21/h1-19,31H. The molecule has 2 nitrogen and oxygen atoms in total. The Balaban J connectivity index is 1.35. The van der Waals surface area contributed by atoms with E-state index < -0.39 is 0 Å². The number of rotatable bonds is 3. The molecule has 0 saturated heterocycles. The zero-order valence-corrected chi connectivity index (χ0v) is 18.6. The molecule has 7 aromatic rings. The molecule has 5 aromatic carbocycles. The van der Waals surface area contributed by atoms with Crippen molar-refractivity contribution in [1.82, 2.24) is 4.57 Å². The SMILES string of the molecule is c1ccc(-n2c3ccccc3c3cc(Nc4ccc5c(c4)sc4ccccc45)ccc32)cc1. The average molecular weight is 441 g/mol. The molecule has 0 aliphatic rings. The largest absolute Gasteiger partial charge is 0.355 e. The molecule has 156 valence electrons. The first-order valence-corrected chi connectivity index (χ1v) is 11.9. The highest BCUT2D eigenvalue weighted by Gasteiger charge is 2.12. The first-order chi connectivity index (χ1) is 16.3. The number of benzene rings is 5. The fraction of sp³-hybridized carbons (Fsp3) is 0. The van der Waals surface area contributed by atoms with Crippen molar-refractivity contribution in [2.24, 2.45) is 0 Å². The van der Waals surface area contributed by atoms with Crippen LogP contribution in [-0.2, 0) is 0 Å². The summed E-state index contributed by atoms with van der Waals surface area (Å²) in [7, 11) is 0. The maximum Gasteiger partial charge on any atom is 0.0542 e. The number of aromatic nitrogens is 1. The van der Waals surface area contributed by atoms with Gasteiger partial charge in [0, 0.05) is 48.0 Å².